The van der Waals surface area contributed by atoms with Crippen molar-refractivity contribution in [3.05, 3.63) is 65.9 Å². The third kappa shape index (κ3) is 3.57. The number of anilines is 1. The molecule has 0 spiro atoms. The second-order valence-corrected chi connectivity index (χ2v) is 7.04. The molecule has 1 saturated heterocycles. The lowest BCUT2D eigenvalue weighted by molar-refractivity contribution is 0.250. The summed E-state index contributed by atoms with van der Waals surface area (Å²) in [7, 11) is 0. The van der Waals surface area contributed by atoms with Crippen molar-refractivity contribution < 1.29 is 0 Å². The molecule has 3 nitrogen and oxygen atoms in total. The lowest BCUT2D eigenvalue weighted by Crippen LogP contribution is -2.45. The smallest absolute Gasteiger partial charge is 0.0457 e. The second kappa shape index (κ2) is 7.32. The first-order valence-electron chi connectivity index (χ1n) is 9.45. The first-order valence-corrected chi connectivity index (χ1v) is 9.45. The van der Waals surface area contributed by atoms with E-state index in [9.17, 15) is 0 Å². The third-order valence-corrected chi connectivity index (χ3v) is 5.28. The third-order valence-electron chi connectivity index (χ3n) is 5.28. The summed E-state index contributed by atoms with van der Waals surface area (Å²) in [6.07, 6.45) is 4.56. The normalized spacial score (nSPS) is 15.8. The lowest BCUT2D eigenvalue weighted by atomic mass is 10.1. The van der Waals surface area contributed by atoms with Crippen LogP contribution in [0.15, 0.2) is 54.7 Å². The van der Waals surface area contributed by atoms with Crippen molar-refractivity contribution in [3.8, 4) is 0 Å². The maximum Gasteiger partial charge on any atom is 0.0457 e. The molecular weight excluding hydrogens is 306 g/mol. The fourth-order valence-corrected chi connectivity index (χ4v) is 3.83. The molecule has 0 aliphatic carbocycles. The van der Waals surface area contributed by atoms with Crippen LogP contribution in [0.3, 0.4) is 0 Å². The Balaban J connectivity index is 1.36. The average molecular weight is 333 g/mol. The summed E-state index contributed by atoms with van der Waals surface area (Å²) in [5.41, 5.74) is 5.46. The number of piperazine rings is 1. The molecule has 0 saturated carbocycles. The number of nitrogens with one attached hydrogen (secondary N) is 1. The summed E-state index contributed by atoms with van der Waals surface area (Å²) in [5, 5.41) is 1.36. The number of hydrogen-bond donors (Lipinski definition) is 1. The van der Waals surface area contributed by atoms with Crippen LogP contribution in [-0.4, -0.2) is 36.1 Å². The summed E-state index contributed by atoms with van der Waals surface area (Å²) in [4.78, 5) is 8.47. The molecule has 1 aromatic heterocycles. The average Bonchev–Trinajstić information content (AvgIpc) is 3.07. The second-order valence-electron chi connectivity index (χ2n) is 7.04. The van der Waals surface area contributed by atoms with E-state index in [2.05, 4.69) is 76.4 Å². The summed E-state index contributed by atoms with van der Waals surface area (Å²) in [6, 6.07) is 17.7. The Morgan fingerprint density at radius 2 is 1.68 bits per heavy atom. The van der Waals surface area contributed by atoms with E-state index >= 15 is 0 Å². The number of fused-ring (bicyclic) bond motifs is 1. The summed E-state index contributed by atoms with van der Waals surface area (Å²) in [5.74, 6) is 0. The van der Waals surface area contributed by atoms with Crippen LogP contribution in [-0.2, 0) is 13.0 Å². The van der Waals surface area contributed by atoms with E-state index in [4.69, 9.17) is 0 Å². The van der Waals surface area contributed by atoms with Gasteiger partial charge in [-0.25, -0.2) is 0 Å². The number of nitrogens with zero attached hydrogens (tertiary/aromatic N) is 2. The summed E-state index contributed by atoms with van der Waals surface area (Å²) >= 11 is 0. The van der Waals surface area contributed by atoms with Crippen LogP contribution in [0.4, 0.5) is 5.69 Å². The molecule has 0 radical (unpaired) electrons. The minimum Gasteiger partial charge on any atom is -0.369 e. The van der Waals surface area contributed by atoms with E-state index in [1.807, 2.05) is 0 Å². The van der Waals surface area contributed by atoms with Crippen molar-refractivity contribution in [2.75, 3.05) is 31.1 Å². The highest BCUT2D eigenvalue weighted by atomic mass is 15.3. The molecule has 2 heterocycles. The zero-order valence-corrected chi connectivity index (χ0v) is 15.0. The number of H-pyrrole nitrogens is 1. The molecule has 0 bridgehead atoms. The standard InChI is InChI=1S/C22H27N3/c1-2-5-18-8-10-20(11-9-18)25-14-12-24(13-15-25)17-19-16-23-22-7-4-3-6-21(19)22/h3-4,6-11,16,23H,2,5,12-15,17H2,1H3. The van der Waals surface area contributed by atoms with Crippen LogP contribution in [0.1, 0.15) is 24.5 Å². The molecule has 1 fully saturated rings. The van der Waals surface area contributed by atoms with Crippen molar-refractivity contribution in [1.29, 1.82) is 0 Å². The van der Waals surface area contributed by atoms with Gasteiger partial charge < -0.3 is 9.88 Å². The van der Waals surface area contributed by atoms with Gasteiger partial charge in [-0.1, -0.05) is 43.7 Å². The molecular formula is C22H27N3. The van der Waals surface area contributed by atoms with Crippen molar-refractivity contribution >= 4 is 16.6 Å². The van der Waals surface area contributed by atoms with Gasteiger partial charge in [-0.15, -0.1) is 0 Å². The van der Waals surface area contributed by atoms with E-state index in [0.717, 1.165) is 32.7 Å². The Bertz CT molecular complexity index is 811. The van der Waals surface area contributed by atoms with E-state index in [1.54, 1.807) is 0 Å². The first kappa shape index (κ1) is 16.2. The van der Waals surface area contributed by atoms with Crippen LogP contribution in [0.25, 0.3) is 10.9 Å². The molecule has 1 aliphatic rings. The highest BCUT2D eigenvalue weighted by Gasteiger charge is 2.18. The van der Waals surface area contributed by atoms with Gasteiger partial charge in [-0.3, -0.25) is 4.90 Å². The maximum atomic E-state index is 3.39. The lowest BCUT2D eigenvalue weighted by Gasteiger charge is -2.36. The zero-order valence-electron chi connectivity index (χ0n) is 15.0. The minimum atomic E-state index is 1.04. The number of benzene rings is 2. The largest absolute Gasteiger partial charge is 0.369 e. The van der Waals surface area contributed by atoms with Crippen molar-refractivity contribution in [3.63, 3.8) is 0 Å². The topological polar surface area (TPSA) is 22.3 Å². The highest BCUT2D eigenvalue weighted by molar-refractivity contribution is 5.82. The minimum absolute atomic E-state index is 1.04. The number of para-hydroxylation sites is 1. The molecule has 25 heavy (non-hydrogen) atoms. The van der Waals surface area contributed by atoms with Gasteiger partial charge in [0.15, 0.2) is 0 Å². The Morgan fingerprint density at radius 1 is 0.920 bits per heavy atom. The number of aromatic amines is 1. The number of aromatic nitrogens is 1. The summed E-state index contributed by atoms with van der Waals surface area (Å²) in [6.45, 7) is 7.73. The van der Waals surface area contributed by atoms with Crippen LogP contribution in [0.2, 0.25) is 0 Å². The Labute approximate surface area is 150 Å². The monoisotopic (exact) mass is 333 g/mol. The Morgan fingerprint density at radius 3 is 2.44 bits per heavy atom. The molecule has 0 unspecified atom stereocenters. The number of hydrogen-bond acceptors (Lipinski definition) is 2. The van der Waals surface area contributed by atoms with Gasteiger partial charge in [0.2, 0.25) is 0 Å². The maximum absolute atomic E-state index is 3.39. The van der Waals surface area contributed by atoms with E-state index in [-0.39, 0.29) is 0 Å². The van der Waals surface area contributed by atoms with Gasteiger partial charge in [-0.05, 0) is 35.7 Å². The summed E-state index contributed by atoms with van der Waals surface area (Å²) < 4.78 is 0. The van der Waals surface area contributed by atoms with E-state index in [1.165, 1.54) is 40.6 Å². The molecule has 2 aromatic carbocycles. The van der Waals surface area contributed by atoms with Crippen LogP contribution in [0.5, 0.6) is 0 Å². The van der Waals surface area contributed by atoms with Gasteiger partial charge in [0.1, 0.15) is 0 Å². The molecule has 0 amide bonds. The fourth-order valence-electron chi connectivity index (χ4n) is 3.83. The Kier molecular flexibility index (Phi) is 4.75. The van der Waals surface area contributed by atoms with Crippen molar-refractivity contribution in [2.24, 2.45) is 0 Å². The number of rotatable bonds is 5. The predicted molar refractivity (Wildman–Crippen MR) is 106 cm³/mol. The molecule has 0 atom stereocenters. The molecule has 1 aliphatic heterocycles. The fraction of sp³-hybridized carbons (Fsp3) is 0.364. The van der Waals surface area contributed by atoms with Crippen LogP contribution in [0, 0.1) is 0 Å². The van der Waals surface area contributed by atoms with Gasteiger partial charge in [0.25, 0.3) is 0 Å². The number of aryl methyl sites for hydroxylation is 1. The first-order chi connectivity index (χ1) is 12.3. The molecule has 130 valence electrons. The molecule has 3 aromatic rings. The Hall–Kier alpha value is -2.26. The van der Waals surface area contributed by atoms with Crippen molar-refractivity contribution in [2.45, 2.75) is 26.3 Å². The SMILES string of the molecule is CCCc1ccc(N2CCN(Cc3c[nH]c4ccccc34)CC2)cc1. The highest BCUT2D eigenvalue weighted by Crippen LogP contribution is 2.22. The van der Waals surface area contributed by atoms with Gasteiger partial charge in [-0.2, -0.15) is 0 Å². The molecule has 3 heteroatoms. The van der Waals surface area contributed by atoms with Gasteiger partial charge in [0.05, 0.1) is 0 Å². The zero-order chi connectivity index (χ0) is 17.1. The quantitative estimate of drug-likeness (QED) is 0.745. The van der Waals surface area contributed by atoms with Crippen LogP contribution >= 0.6 is 0 Å². The molecule has 1 N–H and O–H groups in total. The van der Waals surface area contributed by atoms with E-state index in [0.29, 0.717) is 0 Å². The van der Waals surface area contributed by atoms with Crippen molar-refractivity contribution in [1.82, 2.24) is 9.88 Å². The molecule has 4 rings (SSSR count). The van der Waals surface area contributed by atoms with Gasteiger partial charge >= 0.3 is 0 Å². The van der Waals surface area contributed by atoms with Crippen LogP contribution < -0.4 is 4.90 Å². The van der Waals surface area contributed by atoms with Gasteiger partial charge in [0, 0.05) is 55.5 Å². The van der Waals surface area contributed by atoms with E-state index < -0.39 is 0 Å². The predicted octanol–water partition coefficient (Wildman–Crippen LogP) is 4.44.